The second-order valence-corrected chi connectivity index (χ2v) is 6.69. The lowest BCUT2D eigenvalue weighted by molar-refractivity contribution is -0.117. The molecule has 0 aromatic heterocycles. The van der Waals surface area contributed by atoms with Gasteiger partial charge in [-0.2, -0.15) is 0 Å². The third-order valence-electron chi connectivity index (χ3n) is 4.03. The van der Waals surface area contributed by atoms with Gasteiger partial charge in [-0.05, 0) is 24.3 Å². The van der Waals surface area contributed by atoms with Crippen molar-refractivity contribution < 1.29 is 19.1 Å². The predicted molar refractivity (Wildman–Crippen MR) is 95.3 cm³/mol. The molecule has 0 fully saturated rings. The van der Waals surface area contributed by atoms with E-state index in [1.807, 2.05) is 24.3 Å². The first-order valence-electron chi connectivity index (χ1n) is 7.92. The molecule has 2 aliphatic rings. The van der Waals surface area contributed by atoms with E-state index < -0.39 is 0 Å². The number of carbonyl (C=O) groups is 2. The van der Waals surface area contributed by atoms with Crippen molar-refractivity contribution in [3.63, 3.8) is 0 Å². The molecule has 128 valence electrons. The summed E-state index contributed by atoms with van der Waals surface area (Å²) in [5.74, 6) is 1.57. The van der Waals surface area contributed by atoms with Gasteiger partial charge in [-0.15, -0.1) is 11.8 Å². The Morgan fingerprint density at radius 3 is 2.92 bits per heavy atom. The van der Waals surface area contributed by atoms with Crippen molar-refractivity contribution in [1.82, 2.24) is 0 Å². The largest absolute Gasteiger partial charge is 0.454 e. The van der Waals surface area contributed by atoms with E-state index in [1.54, 1.807) is 23.1 Å². The Morgan fingerprint density at radius 2 is 2.00 bits per heavy atom. The molecule has 2 aromatic carbocycles. The molecule has 0 aliphatic carbocycles. The lowest BCUT2D eigenvalue weighted by Crippen LogP contribution is -2.37. The van der Waals surface area contributed by atoms with Crippen molar-refractivity contribution in [1.29, 1.82) is 0 Å². The maximum atomic E-state index is 12.2. The maximum absolute atomic E-state index is 12.2. The molecule has 2 heterocycles. The number of rotatable bonds is 4. The summed E-state index contributed by atoms with van der Waals surface area (Å²) in [6.07, 6.45) is 0.221. The summed E-state index contributed by atoms with van der Waals surface area (Å²) in [5, 5.41) is 2.83. The number of para-hydroxylation sites is 1. The fourth-order valence-electron chi connectivity index (χ4n) is 2.81. The van der Waals surface area contributed by atoms with Gasteiger partial charge in [0.25, 0.3) is 0 Å². The minimum atomic E-state index is -0.151. The van der Waals surface area contributed by atoms with Crippen LogP contribution in [0.4, 0.5) is 11.4 Å². The molecule has 0 unspecified atom stereocenters. The minimum Gasteiger partial charge on any atom is -0.454 e. The zero-order chi connectivity index (χ0) is 17.2. The van der Waals surface area contributed by atoms with Crippen LogP contribution < -0.4 is 19.7 Å². The average Bonchev–Trinajstić information content (AvgIpc) is 3.08. The monoisotopic (exact) mass is 356 g/mol. The first-order valence-corrected chi connectivity index (χ1v) is 8.91. The smallest absolute Gasteiger partial charge is 0.237 e. The first-order chi connectivity index (χ1) is 12.2. The zero-order valence-electron chi connectivity index (χ0n) is 13.4. The molecule has 7 heteroatoms. The first kappa shape index (κ1) is 15.8. The number of nitrogens with zero attached hydrogens (tertiary/aromatic N) is 1. The molecule has 25 heavy (non-hydrogen) atoms. The van der Waals surface area contributed by atoms with Crippen LogP contribution in [-0.4, -0.2) is 30.9 Å². The SMILES string of the molecule is O=C(CCN1C(=O)CSc2ccccc21)Nc1ccc2c(c1)OCO2. The van der Waals surface area contributed by atoms with E-state index >= 15 is 0 Å². The van der Waals surface area contributed by atoms with E-state index in [0.717, 1.165) is 10.6 Å². The van der Waals surface area contributed by atoms with Gasteiger partial charge in [0, 0.05) is 29.6 Å². The van der Waals surface area contributed by atoms with Crippen LogP contribution in [0.1, 0.15) is 6.42 Å². The predicted octanol–water partition coefficient (Wildman–Crippen LogP) is 2.88. The quantitative estimate of drug-likeness (QED) is 0.912. The number of nitrogens with one attached hydrogen (secondary N) is 1. The molecular formula is C18H16N2O4S. The maximum Gasteiger partial charge on any atom is 0.237 e. The molecule has 4 rings (SSSR count). The highest BCUT2D eigenvalue weighted by Gasteiger charge is 2.24. The molecule has 0 bridgehead atoms. The fraction of sp³-hybridized carbons (Fsp3) is 0.222. The van der Waals surface area contributed by atoms with Gasteiger partial charge in [0.05, 0.1) is 11.4 Å². The molecular weight excluding hydrogens is 340 g/mol. The van der Waals surface area contributed by atoms with Crippen LogP contribution in [-0.2, 0) is 9.59 Å². The van der Waals surface area contributed by atoms with Crippen LogP contribution in [0.5, 0.6) is 11.5 Å². The van der Waals surface area contributed by atoms with Crippen LogP contribution in [0.25, 0.3) is 0 Å². The second kappa shape index (κ2) is 6.68. The van der Waals surface area contributed by atoms with E-state index in [-0.39, 0.29) is 25.0 Å². The highest BCUT2D eigenvalue weighted by molar-refractivity contribution is 8.00. The number of thioether (sulfide) groups is 1. The Labute approximate surface area is 149 Å². The summed E-state index contributed by atoms with van der Waals surface area (Å²) in [7, 11) is 0. The number of amides is 2. The number of hydrogen-bond donors (Lipinski definition) is 1. The normalized spacial score (nSPS) is 15.0. The van der Waals surface area contributed by atoms with E-state index in [2.05, 4.69) is 5.32 Å². The van der Waals surface area contributed by atoms with Crippen LogP contribution in [0.3, 0.4) is 0 Å². The van der Waals surface area contributed by atoms with E-state index in [4.69, 9.17) is 9.47 Å². The summed E-state index contributed by atoms with van der Waals surface area (Å²) in [5.41, 5.74) is 1.52. The van der Waals surface area contributed by atoms with Gasteiger partial charge in [0.2, 0.25) is 18.6 Å². The molecule has 1 N–H and O–H groups in total. The van der Waals surface area contributed by atoms with E-state index in [0.29, 0.717) is 29.5 Å². The van der Waals surface area contributed by atoms with Crippen molar-refractivity contribution in [3.8, 4) is 11.5 Å². The molecule has 2 aliphatic heterocycles. The number of anilines is 2. The van der Waals surface area contributed by atoms with Crippen LogP contribution >= 0.6 is 11.8 Å². The van der Waals surface area contributed by atoms with Crippen molar-refractivity contribution in [3.05, 3.63) is 42.5 Å². The Kier molecular flexibility index (Phi) is 4.23. The van der Waals surface area contributed by atoms with Gasteiger partial charge in [0.1, 0.15) is 0 Å². The second-order valence-electron chi connectivity index (χ2n) is 5.67. The van der Waals surface area contributed by atoms with Gasteiger partial charge < -0.3 is 19.7 Å². The van der Waals surface area contributed by atoms with Crippen LogP contribution in [0, 0.1) is 0 Å². The number of benzene rings is 2. The molecule has 0 atom stereocenters. The molecule has 6 nitrogen and oxygen atoms in total. The molecule has 2 aromatic rings. The summed E-state index contributed by atoms with van der Waals surface area (Å²) in [6, 6.07) is 13.0. The van der Waals surface area contributed by atoms with Gasteiger partial charge in [-0.1, -0.05) is 12.1 Å². The topological polar surface area (TPSA) is 67.9 Å². The van der Waals surface area contributed by atoms with Crippen LogP contribution in [0.2, 0.25) is 0 Å². The highest BCUT2D eigenvalue weighted by atomic mass is 32.2. The Morgan fingerprint density at radius 1 is 1.16 bits per heavy atom. The summed E-state index contributed by atoms with van der Waals surface area (Å²) < 4.78 is 10.5. The van der Waals surface area contributed by atoms with Crippen molar-refractivity contribution in [2.24, 2.45) is 0 Å². The zero-order valence-corrected chi connectivity index (χ0v) is 14.2. The van der Waals surface area contributed by atoms with Gasteiger partial charge in [-0.3, -0.25) is 9.59 Å². The van der Waals surface area contributed by atoms with Crippen molar-refractivity contribution >= 4 is 35.0 Å². The van der Waals surface area contributed by atoms with Crippen molar-refractivity contribution in [2.45, 2.75) is 11.3 Å². The standard InChI is InChI=1S/C18H16N2O4S/c21-17(19-12-5-6-14-15(9-12)24-11-23-14)7-8-20-13-3-1-2-4-16(13)25-10-18(20)22/h1-6,9H,7-8,10-11H2,(H,19,21). The fourth-order valence-corrected chi connectivity index (χ4v) is 3.75. The number of carbonyl (C=O) groups excluding carboxylic acids is 2. The number of fused-ring (bicyclic) bond motifs is 2. The summed E-state index contributed by atoms with van der Waals surface area (Å²) in [4.78, 5) is 27.2. The van der Waals surface area contributed by atoms with E-state index in [9.17, 15) is 9.59 Å². The average molecular weight is 356 g/mol. The lowest BCUT2D eigenvalue weighted by atomic mass is 10.2. The molecule has 2 amide bonds. The van der Waals surface area contributed by atoms with Gasteiger partial charge in [-0.25, -0.2) is 0 Å². The lowest BCUT2D eigenvalue weighted by Gasteiger charge is -2.28. The molecule has 0 spiro atoms. The molecule has 0 radical (unpaired) electrons. The Balaban J connectivity index is 1.40. The Bertz CT molecular complexity index is 840. The third kappa shape index (κ3) is 3.28. The van der Waals surface area contributed by atoms with Gasteiger partial charge in [0.15, 0.2) is 11.5 Å². The summed E-state index contributed by atoms with van der Waals surface area (Å²) in [6.45, 7) is 0.550. The highest BCUT2D eigenvalue weighted by Crippen LogP contribution is 2.35. The number of ether oxygens (including phenoxy) is 2. The third-order valence-corrected chi connectivity index (χ3v) is 5.07. The summed E-state index contributed by atoms with van der Waals surface area (Å²) >= 11 is 1.53. The molecule has 0 saturated carbocycles. The minimum absolute atomic E-state index is 0.0274. The number of hydrogen-bond acceptors (Lipinski definition) is 5. The van der Waals surface area contributed by atoms with Crippen LogP contribution in [0.15, 0.2) is 47.4 Å². The van der Waals surface area contributed by atoms with Crippen molar-refractivity contribution in [2.75, 3.05) is 29.3 Å². The van der Waals surface area contributed by atoms with E-state index in [1.165, 1.54) is 11.8 Å². The van der Waals surface area contributed by atoms with Gasteiger partial charge >= 0.3 is 0 Å². The molecule has 0 saturated heterocycles. The Hall–Kier alpha value is -2.67.